The van der Waals surface area contributed by atoms with Crippen LogP contribution in [-0.2, 0) is 0 Å². The van der Waals surface area contributed by atoms with E-state index in [0.29, 0.717) is 0 Å². The van der Waals surface area contributed by atoms with Gasteiger partial charge in [0.2, 0.25) is 0 Å². The summed E-state index contributed by atoms with van der Waals surface area (Å²) in [7, 11) is 0. The lowest BCUT2D eigenvalue weighted by atomic mass is 9.87. The van der Waals surface area contributed by atoms with E-state index >= 15 is 0 Å². The van der Waals surface area contributed by atoms with Crippen LogP contribution in [0.25, 0.3) is 10.9 Å². The monoisotopic (exact) mass is 343 g/mol. The van der Waals surface area contributed by atoms with E-state index in [1.807, 2.05) is 12.3 Å². The van der Waals surface area contributed by atoms with E-state index in [-0.39, 0.29) is 11.5 Å². The second kappa shape index (κ2) is 6.24. The van der Waals surface area contributed by atoms with Crippen molar-refractivity contribution < 1.29 is 0 Å². The predicted molar refractivity (Wildman–Crippen MR) is 110 cm³/mol. The van der Waals surface area contributed by atoms with Crippen molar-refractivity contribution in [3.05, 3.63) is 71.9 Å². The number of aromatic nitrogens is 1. The summed E-state index contributed by atoms with van der Waals surface area (Å²) in [4.78, 5) is 12.2. The first-order chi connectivity index (χ1) is 12.4. The minimum Gasteiger partial charge on any atom is -0.324 e. The molecular formula is C23H25N3. The fourth-order valence-corrected chi connectivity index (χ4v) is 3.44. The van der Waals surface area contributed by atoms with Crippen molar-refractivity contribution in [3.63, 3.8) is 0 Å². The van der Waals surface area contributed by atoms with Crippen molar-refractivity contribution in [2.45, 2.75) is 33.7 Å². The summed E-state index contributed by atoms with van der Waals surface area (Å²) < 4.78 is 0. The zero-order chi connectivity index (χ0) is 18.3. The molecule has 0 N–H and O–H groups in total. The molecule has 2 aromatic carbocycles. The average Bonchev–Trinajstić information content (AvgIpc) is 3.07. The highest BCUT2D eigenvalue weighted by atomic mass is 15.3. The number of pyridine rings is 1. The molecule has 0 unspecified atom stereocenters. The molecule has 1 atom stereocenters. The highest BCUT2D eigenvalue weighted by molar-refractivity contribution is 6.17. The molecule has 0 fully saturated rings. The van der Waals surface area contributed by atoms with Crippen LogP contribution in [-0.4, -0.2) is 23.4 Å². The van der Waals surface area contributed by atoms with Crippen LogP contribution < -0.4 is 4.90 Å². The van der Waals surface area contributed by atoms with Crippen LogP contribution >= 0.6 is 0 Å². The van der Waals surface area contributed by atoms with E-state index < -0.39 is 0 Å². The molecule has 2 heterocycles. The van der Waals surface area contributed by atoms with Gasteiger partial charge in [-0.05, 0) is 36.6 Å². The Morgan fingerprint density at radius 3 is 2.42 bits per heavy atom. The minimum absolute atomic E-state index is 0.114. The number of hydrogen-bond donors (Lipinski definition) is 0. The van der Waals surface area contributed by atoms with Crippen molar-refractivity contribution in [3.8, 4) is 0 Å². The molecular weight excluding hydrogens is 318 g/mol. The molecule has 1 aliphatic heterocycles. The van der Waals surface area contributed by atoms with Gasteiger partial charge in [-0.15, -0.1) is 0 Å². The molecule has 3 heteroatoms. The van der Waals surface area contributed by atoms with E-state index in [1.165, 1.54) is 11.3 Å². The molecule has 0 amide bonds. The quantitative estimate of drug-likeness (QED) is 0.638. The Morgan fingerprint density at radius 2 is 1.69 bits per heavy atom. The first-order valence-electron chi connectivity index (χ1n) is 9.19. The number of amidine groups is 1. The largest absolute Gasteiger partial charge is 0.324 e. The van der Waals surface area contributed by atoms with Gasteiger partial charge >= 0.3 is 0 Å². The number of fused-ring (bicyclic) bond motifs is 1. The second-order valence-corrected chi connectivity index (χ2v) is 8.16. The van der Waals surface area contributed by atoms with Crippen LogP contribution in [0.3, 0.4) is 0 Å². The maximum atomic E-state index is 5.16. The Hall–Kier alpha value is -2.68. The Morgan fingerprint density at radius 1 is 0.962 bits per heavy atom. The van der Waals surface area contributed by atoms with Crippen LogP contribution in [0.15, 0.2) is 65.8 Å². The van der Waals surface area contributed by atoms with E-state index in [2.05, 4.69) is 86.1 Å². The maximum Gasteiger partial charge on any atom is 0.138 e. The van der Waals surface area contributed by atoms with Crippen LogP contribution in [0.1, 0.15) is 31.9 Å². The normalized spacial score (nSPS) is 17.6. The summed E-state index contributed by atoms with van der Waals surface area (Å²) in [5.74, 6) is 1.03. The van der Waals surface area contributed by atoms with Gasteiger partial charge in [-0.2, -0.15) is 0 Å². The lowest BCUT2D eigenvalue weighted by Gasteiger charge is -2.26. The third-order valence-corrected chi connectivity index (χ3v) is 5.11. The van der Waals surface area contributed by atoms with Crippen LogP contribution in [0.5, 0.6) is 0 Å². The van der Waals surface area contributed by atoms with Crippen molar-refractivity contribution in [1.29, 1.82) is 0 Å². The number of rotatable bonds is 2. The minimum atomic E-state index is 0.114. The predicted octanol–water partition coefficient (Wildman–Crippen LogP) is 5.22. The Labute approximate surface area is 155 Å². The highest BCUT2D eigenvalue weighted by Crippen LogP contribution is 2.33. The summed E-state index contributed by atoms with van der Waals surface area (Å²) in [6.07, 6.45) is 1.86. The first kappa shape index (κ1) is 16.8. The summed E-state index contributed by atoms with van der Waals surface area (Å²) in [6, 6.07) is 19.4. The van der Waals surface area contributed by atoms with E-state index in [1.54, 1.807) is 0 Å². The third kappa shape index (κ3) is 2.98. The van der Waals surface area contributed by atoms with Crippen molar-refractivity contribution >= 4 is 22.4 Å². The Balaban J connectivity index is 1.87. The molecule has 3 nitrogen and oxygen atoms in total. The van der Waals surface area contributed by atoms with Gasteiger partial charge in [0.25, 0.3) is 0 Å². The summed E-state index contributed by atoms with van der Waals surface area (Å²) in [6.45, 7) is 9.80. The molecule has 0 radical (unpaired) electrons. The molecule has 26 heavy (non-hydrogen) atoms. The average molecular weight is 343 g/mol. The van der Waals surface area contributed by atoms with Gasteiger partial charge in [0, 0.05) is 29.4 Å². The number of benzene rings is 2. The number of aliphatic imine (C=N–C) groups is 1. The lowest BCUT2D eigenvalue weighted by Crippen LogP contribution is -2.34. The summed E-state index contributed by atoms with van der Waals surface area (Å²) in [5, 5.41) is 1.15. The fourth-order valence-electron chi connectivity index (χ4n) is 3.44. The molecule has 3 aromatic rings. The number of anilines is 1. The molecule has 0 saturated heterocycles. The molecule has 0 aliphatic carbocycles. The Bertz CT molecular complexity index is 959. The van der Waals surface area contributed by atoms with Gasteiger partial charge in [-0.25, -0.2) is 0 Å². The highest BCUT2D eigenvalue weighted by Gasteiger charge is 2.35. The van der Waals surface area contributed by atoms with Gasteiger partial charge in [0.05, 0.1) is 11.6 Å². The summed E-state index contributed by atoms with van der Waals surface area (Å²) >= 11 is 0. The molecule has 0 saturated carbocycles. The SMILES string of the molecule is Cc1ccc(N2C[C@H](C(C)(C)C)N=C2c2cccc3cccnc23)cc1. The van der Waals surface area contributed by atoms with Crippen molar-refractivity contribution in [2.75, 3.05) is 11.4 Å². The number of para-hydroxylation sites is 1. The van der Waals surface area contributed by atoms with Gasteiger partial charge in [-0.1, -0.05) is 56.7 Å². The zero-order valence-corrected chi connectivity index (χ0v) is 15.9. The van der Waals surface area contributed by atoms with E-state index in [0.717, 1.165) is 28.8 Å². The second-order valence-electron chi connectivity index (χ2n) is 8.16. The molecule has 0 bridgehead atoms. The lowest BCUT2D eigenvalue weighted by molar-refractivity contribution is 0.337. The van der Waals surface area contributed by atoms with Gasteiger partial charge in [0.1, 0.15) is 5.84 Å². The molecule has 1 aromatic heterocycles. The number of nitrogens with zero attached hydrogens (tertiary/aromatic N) is 3. The zero-order valence-electron chi connectivity index (χ0n) is 15.9. The van der Waals surface area contributed by atoms with Gasteiger partial charge in [-0.3, -0.25) is 9.98 Å². The first-order valence-corrected chi connectivity index (χ1v) is 9.19. The number of hydrogen-bond acceptors (Lipinski definition) is 3. The molecule has 4 rings (SSSR count). The molecule has 1 aliphatic rings. The van der Waals surface area contributed by atoms with Crippen LogP contribution in [0.2, 0.25) is 0 Å². The Kier molecular flexibility index (Phi) is 4.03. The standard InChI is InChI=1S/C23H25N3/c1-16-10-12-18(13-11-16)26-15-20(23(2,3)4)25-22(26)19-9-5-7-17-8-6-14-24-21(17)19/h5-14,20H,15H2,1-4H3/t20-/m1/s1. The number of aryl methyl sites for hydroxylation is 1. The fraction of sp³-hybridized carbons (Fsp3) is 0.304. The van der Waals surface area contributed by atoms with Crippen LogP contribution in [0.4, 0.5) is 5.69 Å². The molecule has 0 spiro atoms. The van der Waals surface area contributed by atoms with Gasteiger partial charge < -0.3 is 4.90 Å². The topological polar surface area (TPSA) is 28.5 Å². The summed E-state index contributed by atoms with van der Waals surface area (Å²) in [5.41, 5.74) is 4.69. The van der Waals surface area contributed by atoms with Gasteiger partial charge in [0.15, 0.2) is 0 Å². The third-order valence-electron chi connectivity index (χ3n) is 5.11. The van der Waals surface area contributed by atoms with Crippen molar-refractivity contribution in [2.24, 2.45) is 10.4 Å². The maximum absolute atomic E-state index is 5.16. The van der Waals surface area contributed by atoms with E-state index in [9.17, 15) is 0 Å². The smallest absolute Gasteiger partial charge is 0.138 e. The van der Waals surface area contributed by atoms with Crippen LogP contribution in [0, 0.1) is 12.3 Å². The van der Waals surface area contributed by atoms with Crippen molar-refractivity contribution in [1.82, 2.24) is 4.98 Å². The molecule has 132 valence electrons. The van der Waals surface area contributed by atoms with E-state index in [4.69, 9.17) is 4.99 Å².